The third kappa shape index (κ3) is 5.01. The number of anilines is 2. The molecular formula is C23H34N2O2. The minimum atomic E-state index is -1.09. The normalized spacial score (nSPS) is 11.8. The molecule has 2 aromatic rings. The van der Waals surface area contributed by atoms with E-state index in [4.69, 9.17) is 9.72 Å². The molecular weight excluding hydrogens is 336 g/mol. The Balaban J connectivity index is 2.61. The molecule has 4 nitrogen and oxygen atoms in total. The largest absolute Gasteiger partial charge is 0.490 e. The third-order valence-corrected chi connectivity index (χ3v) is 4.85. The maximum absolute atomic E-state index is 10.9. The highest BCUT2D eigenvalue weighted by molar-refractivity contribution is 5.69. The quantitative estimate of drug-likeness (QED) is 0.641. The van der Waals surface area contributed by atoms with E-state index < -0.39 is 5.60 Å². The summed E-state index contributed by atoms with van der Waals surface area (Å²) in [6.07, 6.45) is 1.95. The molecule has 0 unspecified atom stereocenters. The van der Waals surface area contributed by atoms with Crippen molar-refractivity contribution < 1.29 is 9.84 Å². The van der Waals surface area contributed by atoms with E-state index in [1.54, 1.807) is 13.8 Å². The number of hydrogen-bond acceptors (Lipinski definition) is 4. The molecule has 0 aliphatic rings. The Morgan fingerprint density at radius 3 is 2.07 bits per heavy atom. The number of hydrogen-bond donors (Lipinski definition) is 2. The molecule has 0 aliphatic heterocycles. The topological polar surface area (TPSA) is 54.4 Å². The van der Waals surface area contributed by atoms with Gasteiger partial charge in [-0.3, -0.25) is 0 Å². The van der Waals surface area contributed by atoms with Gasteiger partial charge in [-0.05, 0) is 65.5 Å². The number of ether oxygens (including phenoxy) is 1. The monoisotopic (exact) mass is 370 g/mol. The van der Waals surface area contributed by atoms with Gasteiger partial charge in [-0.25, -0.2) is 4.98 Å². The van der Waals surface area contributed by atoms with Gasteiger partial charge in [0.05, 0.1) is 17.3 Å². The fourth-order valence-corrected chi connectivity index (χ4v) is 3.55. The number of aromatic nitrogens is 1. The first-order valence-electron chi connectivity index (χ1n) is 9.82. The van der Waals surface area contributed by atoms with E-state index in [-0.39, 0.29) is 6.10 Å². The fraction of sp³-hybridized carbons (Fsp3) is 0.522. The summed E-state index contributed by atoms with van der Waals surface area (Å²) in [5.74, 6) is 1.35. The molecule has 0 bridgehead atoms. The van der Waals surface area contributed by atoms with Crippen molar-refractivity contribution >= 4 is 11.5 Å². The van der Waals surface area contributed by atoms with Crippen LogP contribution in [0, 0.1) is 27.7 Å². The molecule has 1 aromatic heterocycles. The van der Waals surface area contributed by atoms with Crippen molar-refractivity contribution in [2.45, 2.75) is 79.9 Å². The lowest BCUT2D eigenvalue weighted by Gasteiger charge is -2.28. The van der Waals surface area contributed by atoms with E-state index in [1.807, 2.05) is 13.0 Å². The SMILES string of the molecule is CCC(CC)Oc1cc(C)nc(Nc2c(C)cc(C)cc2C)c1C(C)(C)O. The van der Waals surface area contributed by atoms with Crippen LogP contribution in [0.5, 0.6) is 5.75 Å². The average Bonchev–Trinajstić information content (AvgIpc) is 2.54. The molecule has 2 rings (SSSR count). The molecule has 148 valence electrons. The van der Waals surface area contributed by atoms with Crippen LogP contribution in [0.1, 0.15) is 68.5 Å². The van der Waals surface area contributed by atoms with Crippen molar-refractivity contribution in [3.63, 3.8) is 0 Å². The first-order valence-corrected chi connectivity index (χ1v) is 9.82. The van der Waals surface area contributed by atoms with Gasteiger partial charge in [0, 0.05) is 17.4 Å². The number of benzene rings is 1. The molecule has 0 saturated heterocycles. The van der Waals surface area contributed by atoms with Crippen molar-refractivity contribution in [1.82, 2.24) is 4.98 Å². The number of rotatable bonds is 7. The smallest absolute Gasteiger partial charge is 0.140 e. The van der Waals surface area contributed by atoms with Crippen LogP contribution in [-0.4, -0.2) is 16.2 Å². The zero-order valence-corrected chi connectivity index (χ0v) is 18.0. The second-order valence-corrected chi connectivity index (χ2v) is 8.00. The first-order chi connectivity index (χ1) is 12.6. The van der Waals surface area contributed by atoms with Crippen LogP contribution in [0.4, 0.5) is 11.5 Å². The highest BCUT2D eigenvalue weighted by Gasteiger charge is 2.28. The predicted octanol–water partition coefficient (Wildman–Crippen LogP) is 5.85. The van der Waals surface area contributed by atoms with Gasteiger partial charge in [0.25, 0.3) is 0 Å². The van der Waals surface area contributed by atoms with Crippen LogP contribution in [0.2, 0.25) is 0 Å². The molecule has 0 aliphatic carbocycles. The van der Waals surface area contributed by atoms with Crippen molar-refractivity contribution in [2.24, 2.45) is 0 Å². The van der Waals surface area contributed by atoms with E-state index in [2.05, 4.69) is 52.1 Å². The van der Waals surface area contributed by atoms with E-state index in [1.165, 1.54) is 5.56 Å². The molecule has 0 atom stereocenters. The predicted molar refractivity (Wildman–Crippen MR) is 113 cm³/mol. The summed E-state index contributed by atoms with van der Waals surface area (Å²) in [6, 6.07) is 6.22. The molecule has 0 spiro atoms. The fourth-order valence-electron chi connectivity index (χ4n) is 3.55. The Morgan fingerprint density at radius 1 is 1.04 bits per heavy atom. The second kappa shape index (κ2) is 8.30. The van der Waals surface area contributed by atoms with Crippen LogP contribution < -0.4 is 10.1 Å². The maximum Gasteiger partial charge on any atom is 0.140 e. The molecule has 4 heteroatoms. The Hall–Kier alpha value is -2.07. The van der Waals surface area contributed by atoms with E-state index in [9.17, 15) is 5.11 Å². The van der Waals surface area contributed by atoms with Gasteiger partial charge in [-0.15, -0.1) is 0 Å². The van der Waals surface area contributed by atoms with Crippen LogP contribution in [0.3, 0.4) is 0 Å². The molecule has 0 saturated carbocycles. The van der Waals surface area contributed by atoms with Gasteiger partial charge < -0.3 is 15.2 Å². The number of nitrogens with zero attached hydrogens (tertiary/aromatic N) is 1. The van der Waals surface area contributed by atoms with Crippen molar-refractivity contribution in [2.75, 3.05) is 5.32 Å². The lowest BCUT2D eigenvalue weighted by atomic mass is 9.96. The molecule has 0 radical (unpaired) electrons. The lowest BCUT2D eigenvalue weighted by molar-refractivity contribution is 0.0720. The molecule has 2 N–H and O–H groups in total. The molecule has 27 heavy (non-hydrogen) atoms. The lowest BCUT2D eigenvalue weighted by Crippen LogP contribution is -2.23. The van der Waals surface area contributed by atoms with Crippen LogP contribution >= 0.6 is 0 Å². The Morgan fingerprint density at radius 2 is 1.59 bits per heavy atom. The number of aryl methyl sites for hydroxylation is 4. The van der Waals surface area contributed by atoms with Gasteiger partial charge in [0.1, 0.15) is 11.6 Å². The number of nitrogens with one attached hydrogen (secondary N) is 1. The van der Waals surface area contributed by atoms with Gasteiger partial charge >= 0.3 is 0 Å². The Labute approximate surface area is 164 Å². The zero-order chi connectivity index (χ0) is 20.4. The standard InChI is InChI=1S/C23H34N2O2/c1-9-18(10-2)27-19-13-17(6)24-22(20(19)23(7,8)26)25-21-15(4)11-14(3)12-16(21)5/h11-13,18,26H,9-10H2,1-8H3,(H,24,25). The summed E-state index contributed by atoms with van der Waals surface area (Å²) in [5, 5.41) is 14.4. The summed E-state index contributed by atoms with van der Waals surface area (Å²) in [5.41, 5.74) is 5.02. The Kier molecular flexibility index (Phi) is 6.53. The van der Waals surface area contributed by atoms with Crippen LogP contribution in [0.15, 0.2) is 18.2 Å². The summed E-state index contributed by atoms with van der Waals surface area (Å²) in [4.78, 5) is 4.71. The molecule has 0 fully saturated rings. The van der Waals surface area contributed by atoms with Gasteiger partial charge in [0.2, 0.25) is 0 Å². The van der Waals surface area contributed by atoms with Crippen molar-refractivity contribution in [3.8, 4) is 5.75 Å². The third-order valence-electron chi connectivity index (χ3n) is 4.85. The van der Waals surface area contributed by atoms with E-state index in [0.29, 0.717) is 17.1 Å². The highest BCUT2D eigenvalue weighted by atomic mass is 16.5. The highest BCUT2D eigenvalue weighted by Crippen LogP contribution is 2.39. The van der Waals surface area contributed by atoms with Crippen LogP contribution in [0.25, 0.3) is 0 Å². The van der Waals surface area contributed by atoms with E-state index in [0.717, 1.165) is 35.3 Å². The van der Waals surface area contributed by atoms with Crippen LogP contribution in [-0.2, 0) is 5.60 Å². The molecule has 0 amide bonds. The minimum Gasteiger partial charge on any atom is -0.490 e. The van der Waals surface area contributed by atoms with E-state index >= 15 is 0 Å². The van der Waals surface area contributed by atoms with Crippen molar-refractivity contribution in [1.29, 1.82) is 0 Å². The summed E-state index contributed by atoms with van der Waals surface area (Å²) >= 11 is 0. The van der Waals surface area contributed by atoms with Gasteiger partial charge in [0.15, 0.2) is 0 Å². The van der Waals surface area contributed by atoms with Gasteiger partial charge in [-0.1, -0.05) is 31.5 Å². The maximum atomic E-state index is 10.9. The average molecular weight is 371 g/mol. The molecule has 1 heterocycles. The summed E-state index contributed by atoms with van der Waals surface area (Å²) < 4.78 is 6.27. The summed E-state index contributed by atoms with van der Waals surface area (Å²) in [7, 11) is 0. The zero-order valence-electron chi connectivity index (χ0n) is 18.0. The van der Waals surface area contributed by atoms with Crippen molar-refractivity contribution in [3.05, 3.63) is 46.1 Å². The number of aliphatic hydroxyl groups is 1. The first kappa shape index (κ1) is 21.2. The minimum absolute atomic E-state index is 0.114. The number of pyridine rings is 1. The molecule has 1 aromatic carbocycles. The summed E-state index contributed by atoms with van der Waals surface area (Å²) in [6.45, 7) is 16.0. The second-order valence-electron chi connectivity index (χ2n) is 8.00. The Bertz CT molecular complexity index is 780. The van der Waals surface area contributed by atoms with Gasteiger partial charge in [-0.2, -0.15) is 0 Å².